The zero-order valence-electron chi connectivity index (χ0n) is 17.0. The summed E-state index contributed by atoms with van der Waals surface area (Å²) in [5, 5.41) is 10.5. The highest BCUT2D eigenvalue weighted by Gasteiger charge is 2.24. The van der Waals surface area contributed by atoms with Crippen LogP contribution in [0.2, 0.25) is 0 Å². The summed E-state index contributed by atoms with van der Waals surface area (Å²) in [5.74, 6) is 0.795. The molecule has 0 radical (unpaired) electrons. The van der Waals surface area contributed by atoms with Crippen molar-refractivity contribution in [3.05, 3.63) is 55.2 Å². The molecular weight excluding hydrogens is 380 g/mol. The van der Waals surface area contributed by atoms with Gasteiger partial charge in [-0.15, -0.1) is 0 Å². The molecule has 8 nitrogen and oxygen atoms in total. The highest BCUT2D eigenvalue weighted by Crippen LogP contribution is 2.29. The number of carbonyl (C=O) groups excluding carboxylic acids is 1. The van der Waals surface area contributed by atoms with Crippen LogP contribution in [0.4, 0.5) is 10.5 Å². The fourth-order valence-corrected chi connectivity index (χ4v) is 3.77. The van der Waals surface area contributed by atoms with Crippen LogP contribution in [0.25, 0.3) is 11.3 Å². The van der Waals surface area contributed by atoms with E-state index in [4.69, 9.17) is 4.74 Å². The van der Waals surface area contributed by atoms with Gasteiger partial charge in [0, 0.05) is 29.7 Å². The first kappa shape index (κ1) is 19.9. The highest BCUT2D eigenvalue weighted by molar-refractivity contribution is 5.89. The first-order valence-electron chi connectivity index (χ1n) is 10.3. The number of hydrogen-bond donors (Lipinski definition) is 2. The molecule has 0 atom stereocenters. The number of hydrogen-bond acceptors (Lipinski definition) is 5. The predicted octanol–water partition coefficient (Wildman–Crippen LogP) is 4.04. The van der Waals surface area contributed by atoms with E-state index in [1.165, 1.54) is 0 Å². The molecule has 0 spiro atoms. The van der Waals surface area contributed by atoms with Gasteiger partial charge in [0.15, 0.2) is 0 Å². The molecule has 0 unspecified atom stereocenters. The van der Waals surface area contributed by atoms with Crippen molar-refractivity contribution >= 4 is 11.7 Å². The molecular formula is C22H26N6O2. The first-order valence-corrected chi connectivity index (χ1v) is 10.3. The Bertz CT molecular complexity index is 949. The second kappa shape index (κ2) is 9.39. The van der Waals surface area contributed by atoms with Crippen LogP contribution in [0.3, 0.4) is 0 Å². The lowest BCUT2D eigenvalue weighted by atomic mass is 9.91. The van der Waals surface area contributed by atoms with E-state index in [9.17, 15) is 4.79 Å². The van der Waals surface area contributed by atoms with E-state index in [0.717, 1.165) is 48.4 Å². The summed E-state index contributed by atoms with van der Waals surface area (Å²) in [6.45, 7) is 2.56. The summed E-state index contributed by atoms with van der Waals surface area (Å²) in [7, 11) is 0. The summed E-state index contributed by atoms with van der Waals surface area (Å²) < 4.78 is 7.44. The third kappa shape index (κ3) is 4.94. The van der Waals surface area contributed by atoms with Crippen LogP contribution in [0.15, 0.2) is 55.2 Å². The number of urea groups is 1. The maximum atomic E-state index is 12.3. The molecule has 2 heterocycles. The average molecular weight is 406 g/mol. The molecule has 1 aliphatic carbocycles. The Morgan fingerprint density at radius 1 is 1.17 bits per heavy atom. The molecule has 1 aromatic carbocycles. The lowest BCUT2D eigenvalue weighted by Crippen LogP contribution is -2.40. The molecule has 4 rings (SSSR count). The summed E-state index contributed by atoms with van der Waals surface area (Å²) in [6.07, 6.45) is 10.9. The van der Waals surface area contributed by atoms with Crippen LogP contribution < -0.4 is 15.4 Å². The first-order chi connectivity index (χ1) is 14.7. The normalized spacial score (nSPS) is 18.6. The van der Waals surface area contributed by atoms with Gasteiger partial charge in [-0.2, -0.15) is 5.10 Å². The summed E-state index contributed by atoms with van der Waals surface area (Å²) >= 11 is 0. The third-order valence-corrected chi connectivity index (χ3v) is 5.31. The fraction of sp³-hybridized carbons (Fsp3) is 0.364. The molecule has 1 saturated carbocycles. The van der Waals surface area contributed by atoms with Gasteiger partial charge in [0.2, 0.25) is 0 Å². The Morgan fingerprint density at radius 3 is 2.67 bits per heavy atom. The molecule has 0 bridgehead atoms. The molecule has 8 heteroatoms. The van der Waals surface area contributed by atoms with Crippen LogP contribution >= 0.6 is 0 Å². The van der Waals surface area contributed by atoms with Gasteiger partial charge in [0.25, 0.3) is 0 Å². The molecule has 2 aromatic heterocycles. The zero-order valence-corrected chi connectivity index (χ0v) is 17.0. The van der Waals surface area contributed by atoms with Gasteiger partial charge in [-0.05, 0) is 62.9 Å². The second-order valence-corrected chi connectivity index (χ2v) is 7.36. The number of nitrogens with zero attached hydrogens (tertiary/aromatic N) is 4. The van der Waals surface area contributed by atoms with E-state index in [0.29, 0.717) is 12.6 Å². The number of nitrogens with one attached hydrogen (secondary N) is 2. The molecule has 2 amide bonds. The molecule has 156 valence electrons. The Balaban J connectivity index is 1.25. The molecule has 30 heavy (non-hydrogen) atoms. The van der Waals surface area contributed by atoms with Gasteiger partial charge in [-0.25, -0.2) is 14.8 Å². The average Bonchev–Trinajstić information content (AvgIpc) is 3.27. The third-order valence-electron chi connectivity index (χ3n) is 5.31. The van der Waals surface area contributed by atoms with Gasteiger partial charge in [0.05, 0.1) is 24.5 Å². The lowest BCUT2D eigenvalue weighted by molar-refractivity contribution is 0.236. The quantitative estimate of drug-likeness (QED) is 0.644. The lowest BCUT2D eigenvalue weighted by Gasteiger charge is -2.29. The fourth-order valence-electron chi connectivity index (χ4n) is 3.77. The van der Waals surface area contributed by atoms with Crippen molar-refractivity contribution in [2.24, 2.45) is 0 Å². The highest BCUT2D eigenvalue weighted by atomic mass is 16.5. The van der Waals surface area contributed by atoms with Crippen molar-refractivity contribution in [3.8, 4) is 17.0 Å². The molecule has 1 fully saturated rings. The molecule has 0 aliphatic heterocycles. The number of anilines is 1. The van der Waals surface area contributed by atoms with Crippen LogP contribution in [0.1, 0.15) is 38.6 Å². The summed E-state index contributed by atoms with van der Waals surface area (Å²) in [4.78, 5) is 20.5. The number of ether oxygens (including phenoxy) is 1. The molecule has 2 N–H and O–H groups in total. The second-order valence-electron chi connectivity index (χ2n) is 7.36. The van der Waals surface area contributed by atoms with Crippen LogP contribution in [0.5, 0.6) is 5.75 Å². The number of rotatable bonds is 6. The topological polar surface area (TPSA) is 94.0 Å². The van der Waals surface area contributed by atoms with Crippen LogP contribution in [-0.2, 0) is 0 Å². The largest absolute Gasteiger partial charge is 0.494 e. The van der Waals surface area contributed by atoms with Gasteiger partial charge >= 0.3 is 6.03 Å². The minimum Gasteiger partial charge on any atom is -0.494 e. The minimum absolute atomic E-state index is 0.167. The van der Waals surface area contributed by atoms with Gasteiger partial charge < -0.3 is 15.4 Å². The van der Waals surface area contributed by atoms with E-state index in [-0.39, 0.29) is 12.1 Å². The Kier molecular flexibility index (Phi) is 6.22. The van der Waals surface area contributed by atoms with Crippen molar-refractivity contribution in [2.45, 2.75) is 44.7 Å². The SMILES string of the molecule is CCOc1ccc(NC(=O)NC2CCC(n3cc(-c4ccncn4)cn3)CC2)cc1. The zero-order chi connectivity index (χ0) is 20.8. The number of benzene rings is 1. The van der Waals surface area contributed by atoms with Crippen LogP contribution in [-0.4, -0.2) is 38.4 Å². The number of amides is 2. The van der Waals surface area contributed by atoms with Crippen molar-refractivity contribution < 1.29 is 9.53 Å². The molecule has 0 saturated heterocycles. The van der Waals surface area contributed by atoms with Crippen molar-refractivity contribution in [1.29, 1.82) is 0 Å². The Morgan fingerprint density at radius 2 is 1.97 bits per heavy atom. The van der Waals surface area contributed by atoms with E-state index in [2.05, 4.69) is 25.7 Å². The van der Waals surface area contributed by atoms with Crippen molar-refractivity contribution in [3.63, 3.8) is 0 Å². The summed E-state index contributed by atoms with van der Waals surface area (Å²) in [5.41, 5.74) is 2.61. The Hall–Kier alpha value is -3.42. The summed E-state index contributed by atoms with van der Waals surface area (Å²) in [6, 6.07) is 9.60. The molecule has 3 aromatic rings. The van der Waals surface area contributed by atoms with E-state index in [1.54, 1.807) is 12.5 Å². The standard InChI is InChI=1S/C22H26N6O2/c1-2-30-20-9-5-18(6-10-20)27-22(29)26-17-3-7-19(8-4-17)28-14-16(13-25-28)21-11-12-23-15-24-21/h5-6,9-15,17,19H,2-4,7-8H2,1H3,(H2,26,27,29). The van der Waals surface area contributed by atoms with Crippen LogP contribution in [0, 0.1) is 0 Å². The maximum absolute atomic E-state index is 12.3. The predicted molar refractivity (Wildman–Crippen MR) is 114 cm³/mol. The van der Waals surface area contributed by atoms with Gasteiger partial charge in [0.1, 0.15) is 12.1 Å². The van der Waals surface area contributed by atoms with Crippen molar-refractivity contribution in [2.75, 3.05) is 11.9 Å². The Labute approximate surface area is 175 Å². The molecule has 1 aliphatic rings. The van der Waals surface area contributed by atoms with E-state index in [1.807, 2.05) is 54.3 Å². The maximum Gasteiger partial charge on any atom is 0.319 e. The van der Waals surface area contributed by atoms with E-state index < -0.39 is 0 Å². The van der Waals surface area contributed by atoms with Crippen molar-refractivity contribution in [1.82, 2.24) is 25.1 Å². The van der Waals surface area contributed by atoms with E-state index >= 15 is 0 Å². The van der Waals surface area contributed by atoms with Gasteiger partial charge in [-0.3, -0.25) is 4.68 Å². The monoisotopic (exact) mass is 406 g/mol. The van der Waals surface area contributed by atoms with Gasteiger partial charge in [-0.1, -0.05) is 0 Å². The number of aromatic nitrogens is 4. The number of carbonyl (C=O) groups is 1. The smallest absolute Gasteiger partial charge is 0.319 e. The minimum atomic E-state index is -0.173.